The molecular formula is C19H15N3OS. The molecule has 0 atom stereocenters. The van der Waals surface area contributed by atoms with E-state index in [1.165, 1.54) is 16.9 Å². The standard InChI is InChI=1S/C19H15N3OS/c1-2-13-8-9-16-17(11-13)24-19(21-16)22-18(23)15(12-20)10-14-6-4-3-5-7-14/h3-11H,2H2,1H3,(H,21,22,23)/b15-10+. The van der Waals surface area contributed by atoms with E-state index in [2.05, 4.69) is 23.3 Å². The number of benzene rings is 2. The first-order valence-corrected chi connectivity index (χ1v) is 8.39. The number of rotatable bonds is 4. The average Bonchev–Trinajstić information content (AvgIpc) is 3.01. The number of nitriles is 1. The molecule has 0 saturated carbocycles. The van der Waals surface area contributed by atoms with Crippen molar-refractivity contribution in [2.45, 2.75) is 13.3 Å². The van der Waals surface area contributed by atoms with Gasteiger partial charge < -0.3 is 0 Å². The number of hydrogen-bond donors (Lipinski definition) is 1. The average molecular weight is 333 g/mol. The Kier molecular flexibility index (Phi) is 4.69. The Morgan fingerprint density at radius 1 is 1.29 bits per heavy atom. The second-order valence-corrected chi connectivity index (χ2v) is 6.24. The molecule has 0 spiro atoms. The van der Waals surface area contributed by atoms with E-state index in [1.54, 1.807) is 6.08 Å². The van der Waals surface area contributed by atoms with Crippen LogP contribution in [0.3, 0.4) is 0 Å². The van der Waals surface area contributed by atoms with Gasteiger partial charge in [-0.05, 0) is 35.8 Å². The number of nitrogens with zero attached hydrogens (tertiary/aromatic N) is 2. The van der Waals surface area contributed by atoms with E-state index in [4.69, 9.17) is 0 Å². The third-order valence-corrected chi connectivity index (χ3v) is 4.49. The minimum Gasteiger partial charge on any atom is -0.297 e. The number of hydrogen-bond acceptors (Lipinski definition) is 4. The minimum atomic E-state index is -0.448. The van der Waals surface area contributed by atoms with Crippen molar-refractivity contribution in [2.75, 3.05) is 5.32 Å². The van der Waals surface area contributed by atoms with Crippen molar-refractivity contribution in [3.63, 3.8) is 0 Å². The molecule has 1 heterocycles. The predicted molar refractivity (Wildman–Crippen MR) is 97.7 cm³/mol. The Bertz CT molecular complexity index is 952. The monoisotopic (exact) mass is 333 g/mol. The van der Waals surface area contributed by atoms with Crippen molar-refractivity contribution >= 4 is 38.7 Å². The van der Waals surface area contributed by atoms with E-state index in [1.807, 2.05) is 48.5 Å². The van der Waals surface area contributed by atoms with Crippen LogP contribution < -0.4 is 5.32 Å². The van der Waals surface area contributed by atoms with Gasteiger partial charge in [0.25, 0.3) is 5.91 Å². The van der Waals surface area contributed by atoms with Gasteiger partial charge in [0.1, 0.15) is 11.6 Å². The zero-order valence-electron chi connectivity index (χ0n) is 13.1. The zero-order chi connectivity index (χ0) is 16.9. The van der Waals surface area contributed by atoms with E-state index in [0.717, 1.165) is 22.2 Å². The molecule has 4 nitrogen and oxygen atoms in total. The molecule has 0 unspecified atom stereocenters. The molecule has 0 fully saturated rings. The molecule has 1 aromatic heterocycles. The number of aryl methyl sites for hydroxylation is 1. The molecular weight excluding hydrogens is 318 g/mol. The van der Waals surface area contributed by atoms with Crippen molar-refractivity contribution < 1.29 is 4.79 Å². The molecule has 0 radical (unpaired) electrons. The number of carbonyl (C=O) groups is 1. The smallest absolute Gasteiger partial charge is 0.268 e. The fraction of sp³-hybridized carbons (Fsp3) is 0.105. The van der Waals surface area contributed by atoms with Gasteiger partial charge in [-0.3, -0.25) is 10.1 Å². The minimum absolute atomic E-state index is 0.0507. The maximum atomic E-state index is 12.3. The number of amides is 1. The molecule has 0 aliphatic carbocycles. The highest BCUT2D eigenvalue weighted by Gasteiger charge is 2.12. The molecule has 0 aliphatic heterocycles. The summed E-state index contributed by atoms with van der Waals surface area (Å²) in [6.45, 7) is 2.10. The van der Waals surface area contributed by atoms with Crippen LogP contribution in [0.2, 0.25) is 0 Å². The van der Waals surface area contributed by atoms with Gasteiger partial charge >= 0.3 is 0 Å². The largest absolute Gasteiger partial charge is 0.297 e. The van der Waals surface area contributed by atoms with E-state index in [9.17, 15) is 10.1 Å². The molecule has 5 heteroatoms. The molecule has 118 valence electrons. The van der Waals surface area contributed by atoms with Crippen LogP contribution in [0.4, 0.5) is 5.13 Å². The van der Waals surface area contributed by atoms with Crippen molar-refractivity contribution in [1.29, 1.82) is 5.26 Å². The number of thiazole rings is 1. The van der Waals surface area contributed by atoms with E-state index in [-0.39, 0.29) is 5.57 Å². The van der Waals surface area contributed by atoms with Crippen LogP contribution in [0.5, 0.6) is 0 Å². The van der Waals surface area contributed by atoms with Crippen molar-refractivity contribution in [1.82, 2.24) is 4.98 Å². The van der Waals surface area contributed by atoms with Gasteiger partial charge in [-0.25, -0.2) is 4.98 Å². The maximum absolute atomic E-state index is 12.3. The second kappa shape index (κ2) is 7.07. The lowest BCUT2D eigenvalue weighted by Gasteiger charge is -1.99. The van der Waals surface area contributed by atoms with Crippen LogP contribution in [-0.4, -0.2) is 10.9 Å². The summed E-state index contributed by atoms with van der Waals surface area (Å²) in [5, 5.41) is 12.5. The van der Waals surface area contributed by atoms with Gasteiger partial charge in [-0.15, -0.1) is 0 Å². The summed E-state index contributed by atoms with van der Waals surface area (Å²) < 4.78 is 1.02. The Morgan fingerprint density at radius 2 is 2.08 bits per heavy atom. The topological polar surface area (TPSA) is 65.8 Å². The normalized spacial score (nSPS) is 11.2. The molecule has 2 aromatic carbocycles. The lowest BCUT2D eigenvalue weighted by molar-refractivity contribution is -0.112. The molecule has 3 rings (SSSR count). The number of nitrogens with one attached hydrogen (secondary N) is 1. The molecule has 0 saturated heterocycles. The van der Waals surface area contributed by atoms with E-state index >= 15 is 0 Å². The quantitative estimate of drug-likeness (QED) is 0.568. The molecule has 0 bridgehead atoms. The fourth-order valence-corrected chi connectivity index (χ4v) is 3.20. The first-order chi connectivity index (χ1) is 11.7. The lowest BCUT2D eigenvalue weighted by atomic mass is 10.1. The number of carbonyl (C=O) groups excluding carboxylic acids is 1. The first-order valence-electron chi connectivity index (χ1n) is 7.57. The Hall–Kier alpha value is -2.97. The van der Waals surface area contributed by atoms with Gasteiger partial charge in [-0.2, -0.15) is 5.26 Å². The van der Waals surface area contributed by atoms with Crippen LogP contribution in [0, 0.1) is 11.3 Å². The molecule has 1 N–H and O–H groups in total. The van der Waals surface area contributed by atoms with Gasteiger partial charge in [0.05, 0.1) is 10.2 Å². The summed E-state index contributed by atoms with van der Waals surface area (Å²) in [5.41, 5.74) is 2.93. The highest BCUT2D eigenvalue weighted by atomic mass is 32.1. The van der Waals surface area contributed by atoms with E-state index in [0.29, 0.717) is 5.13 Å². The number of anilines is 1. The van der Waals surface area contributed by atoms with Crippen molar-refractivity contribution in [3.8, 4) is 6.07 Å². The van der Waals surface area contributed by atoms with Gasteiger partial charge in [0.15, 0.2) is 5.13 Å². The summed E-state index contributed by atoms with van der Waals surface area (Å²) in [6, 6.07) is 17.3. The SMILES string of the molecule is CCc1ccc2nc(NC(=O)/C(C#N)=C/c3ccccc3)sc2c1. The summed E-state index contributed by atoms with van der Waals surface area (Å²) in [4.78, 5) is 16.7. The Morgan fingerprint density at radius 3 is 2.79 bits per heavy atom. The second-order valence-electron chi connectivity index (χ2n) is 5.21. The van der Waals surface area contributed by atoms with Crippen LogP contribution in [-0.2, 0) is 11.2 Å². The van der Waals surface area contributed by atoms with Gasteiger partial charge in [0, 0.05) is 0 Å². The van der Waals surface area contributed by atoms with Crippen LogP contribution in [0.15, 0.2) is 54.1 Å². The van der Waals surface area contributed by atoms with Crippen molar-refractivity contribution in [3.05, 3.63) is 65.2 Å². The Balaban J connectivity index is 1.83. The van der Waals surface area contributed by atoms with Gasteiger partial charge in [-0.1, -0.05) is 54.7 Å². The highest BCUT2D eigenvalue weighted by Crippen LogP contribution is 2.27. The first kappa shape index (κ1) is 15.9. The predicted octanol–water partition coefficient (Wildman–Crippen LogP) is 4.40. The summed E-state index contributed by atoms with van der Waals surface area (Å²) >= 11 is 1.41. The molecule has 24 heavy (non-hydrogen) atoms. The lowest BCUT2D eigenvalue weighted by Crippen LogP contribution is -2.13. The summed E-state index contributed by atoms with van der Waals surface area (Å²) in [7, 11) is 0. The van der Waals surface area contributed by atoms with Crippen LogP contribution in [0.25, 0.3) is 16.3 Å². The highest BCUT2D eigenvalue weighted by molar-refractivity contribution is 7.22. The summed E-state index contributed by atoms with van der Waals surface area (Å²) in [5.74, 6) is -0.448. The molecule has 0 aliphatic rings. The van der Waals surface area contributed by atoms with E-state index < -0.39 is 5.91 Å². The third-order valence-electron chi connectivity index (χ3n) is 3.56. The zero-order valence-corrected chi connectivity index (χ0v) is 13.9. The fourth-order valence-electron chi connectivity index (χ4n) is 2.27. The van der Waals surface area contributed by atoms with Gasteiger partial charge in [0.2, 0.25) is 0 Å². The van der Waals surface area contributed by atoms with Crippen LogP contribution >= 0.6 is 11.3 Å². The maximum Gasteiger partial charge on any atom is 0.268 e. The molecule has 1 amide bonds. The van der Waals surface area contributed by atoms with Crippen molar-refractivity contribution in [2.24, 2.45) is 0 Å². The third kappa shape index (κ3) is 3.50. The Labute approximate surface area is 144 Å². The number of fused-ring (bicyclic) bond motifs is 1. The van der Waals surface area contributed by atoms with Crippen LogP contribution in [0.1, 0.15) is 18.1 Å². The molecule has 3 aromatic rings. The number of aromatic nitrogens is 1. The summed E-state index contributed by atoms with van der Waals surface area (Å²) in [6.07, 6.45) is 2.52.